The first-order valence-corrected chi connectivity index (χ1v) is 8.52. The fourth-order valence-electron chi connectivity index (χ4n) is 3.50. The predicted molar refractivity (Wildman–Crippen MR) is 83.1 cm³/mol. The van der Waals surface area contributed by atoms with Gasteiger partial charge in [-0.15, -0.1) is 0 Å². The van der Waals surface area contributed by atoms with E-state index in [9.17, 15) is 4.79 Å². The molecule has 4 nitrogen and oxygen atoms in total. The van der Waals surface area contributed by atoms with Gasteiger partial charge in [0, 0.05) is 42.3 Å². The van der Waals surface area contributed by atoms with Crippen LogP contribution in [0.2, 0.25) is 0 Å². The van der Waals surface area contributed by atoms with E-state index in [4.69, 9.17) is 0 Å². The molecule has 2 fully saturated rings. The van der Waals surface area contributed by atoms with Crippen molar-refractivity contribution in [1.82, 2.24) is 15.2 Å². The summed E-state index contributed by atoms with van der Waals surface area (Å²) >= 11 is 1.27. The SMILES string of the molecule is CC(C)C1CNC(C)(C2CC2)CN1Cc1csc(=O)[nH]1. The van der Waals surface area contributed by atoms with Gasteiger partial charge in [0.1, 0.15) is 0 Å². The lowest BCUT2D eigenvalue weighted by Crippen LogP contribution is -2.64. The molecule has 5 heteroatoms. The van der Waals surface area contributed by atoms with Crippen LogP contribution in [-0.4, -0.2) is 34.6 Å². The molecule has 1 aliphatic heterocycles. The Balaban J connectivity index is 1.76. The molecular formula is C15H25N3OS. The largest absolute Gasteiger partial charge is 0.315 e. The number of H-pyrrole nitrogens is 1. The van der Waals surface area contributed by atoms with Gasteiger partial charge in [-0.25, -0.2) is 0 Å². The summed E-state index contributed by atoms with van der Waals surface area (Å²) in [6.07, 6.45) is 2.72. The van der Waals surface area contributed by atoms with E-state index in [0.717, 1.165) is 31.2 Å². The van der Waals surface area contributed by atoms with E-state index in [-0.39, 0.29) is 10.4 Å². The number of nitrogens with zero attached hydrogens (tertiary/aromatic N) is 1. The maximum atomic E-state index is 11.3. The summed E-state index contributed by atoms with van der Waals surface area (Å²) in [5.41, 5.74) is 1.31. The lowest BCUT2D eigenvalue weighted by Gasteiger charge is -2.48. The number of aromatic nitrogens is 1. The molecule has 0 spiro atoms. The zero-order valence-corrected chi connectivity index (χ0v) is 13.4. The molecule has 0 amide bonds. The number of hydrogen-bond donors (Lipinski definition) is 2. The standard InChI is InChI=1S/C15H25N3OS/c1-10(2)13-6-16-15(3,11-4-5-11)9-18(13)7-12-8-20-14(19)17-12/h8,10-11,13,16H,4-7,9H2,1-3H3,(H,17,19). The highest BCUT2D eigenvalue weighted by molar-refractivity contribution is 7.07. The number of aromatic amines is 1. The van der Waals surface area contributed by atoms with Crippen LogP contribution in [0.5, 0.6) is 0 Å². The molecule has 2 unspecified atom stereocenters. The lowest BCUT2D eigenvalue weighted by atomic mass is 9.88. The molecule has 1 aromatic rings. The van der Waals surface area contributed by atoms with Crippen molar-refractivity contribution < 1.29 is 0 Å². The molecule has 112 valence electrons. The van der Waals surface area contributed by atoms with Crippen LogP contribution in [0.25, 0.3) is 0 Å². The zero-order chi connectivity index (χ0) is 14.3. The highest BCUT2D eigenvalue weighted by atomic mass is 32.1. The van der Waals surface area contributed by atoms with Crippen LogP contribution in [-0.2, 0) is 6.54 Å². The monoisotopic (exact) mass is 295 g/mol. The van der Waals surface area contributed by atoms with E-state index >= 15 is 0 Å². The first kappa shape index (κ1) is 14.3. The lowest BCUT2D eigenvalue weighted by molar-refractivity contribution is 0.0454. The van der Waals surface area contributed by atoms with Crippen LogP contribution >= 0.6 is 11.3 Å². The number of rotatable bonds is 4. The molecule has 0 bridgehead atoms. The van der Waals surface area contributed by atoms with Gasteiger partial charge in [0.25, 0.3) is 0 Å². The van der Waals surface area contributed by atoms with Crippen molar-refractivity contribution in [2.45, 2.75) is 51.7 Å². The van der Waals surface area contributed by atoms with Crippen LogP contribution in [0.3, 0.4) is 0 Å². The summed E-state index contributed by atoms with van der Waals surface area (Å²) < 4.78 is 0. The molecule has 2 N–H and O–H groups in total. The van der Waals surface area contributed by atoms with Crippen molar-refractivity contribution >= 4 is 11.3 Å². The molecule has 2 heterocycles. The van der Waals surface area contributed by atoms with Gasteiger partial charge in [-0.3, -0.25) is 9.69 Å². The van der Waals surface area contributed by atoms with Gasteiger partial charge >= 0.3 is 4.87 Å². The highest BCUT2D eigenvalue weighted by Gasteiger charge is 2.46. The summed E-state index contributed by atoms with van der Waals surface area (Å²) in [4.78, 5) is 16.9. The quantitative estimate of drug-likeness (QED) is 0.893. The molecule has 1 saturated carbocycles. The van der Waals surface area contributed by atoms with E-state index in [1.54, 1.807) is 0 Å². The Hall–Kier alpha value is -0.650. The molecule has 2 atom stereocenters. The minimum atomic E-state index is 0.0567. The van der Waals surface area contributed by atoms with Crippen LogP contribution in [0.4, 0.5) is 0 Å². The second-order valence-corrected chi connectivity index (χ2v) is 7.80. The molecule has 1 saturated heterocycles. The Kier molecular flexibility index (Phi) is 3.77. The molecule has 3 rings (SSSR count). The zero-order valence-electron chi connectivity index (χ0n) is 12.6. The topological polar surface area (TPSA) is 48.1 Å². The van der Waals surface area contributed by atoms with Crippen molar-refractivity contribution in [2.24, 2.45) is 11.8 Å². The normalized spacial score (nSPS) is 31.9. The second-order valence-electron chi connectivity index (χ2n) is 6.96. The summed E-state index contributed by atoms with van der Waals surface area (Å²) in [6, 6.07) is 0.547. The molecule has 2 aliphatic rings. The van der Waals surface area contributed by atoms with Gasteiger partial charge < -0.3 is 10.3 Å². The van der Waals surface area contributed by atoms with Gasteiger partial charge in [-0.05, 0) is 31.6 Å². The summed E-state index contributed by atoms with van der Waals surface area (Å²) in [7, 11) is 0. The van der Waals surface area contributed by atoms with Crippen molar-refractivity contribution in [3.05, 3.63) is 20.7 Å². The fraction of sp³-hybridized carbons (Fsp3) is 0.800. The first-order chi connectivity index (χ1) is 9.48. The third kappa shape index (κ3) is 2.85. The fourth-order valence-corrected chi connectivity index (χ4v) is 4.07. The van der Waals surface area contributed by atoms with E-state index < -0.39 is 0 Å². The van der Waals surface area contributed by atoms with Crippen LogP contribution < -0.4 is 10.2 Å². The van der Waals surface area contributed by atoms with E-state index in [1.165, 1.54) is 24.2 Å². The summed E-state index contributed by atoms with van der Waals surface area (Å²) in [6.45, 7) is 9.94. The number of thiazole rings is 1. The summed E-state index contributed by atoms with van der Waals surface area (Å²) in [5, 5.41) is 5.77. The van der Waals surface area contributed by atoms with Crippen LogP contribution in [0.15, 0.2) is 10.2 Å². The predicted octanol–water partition coefficient (Wildman–Crippen LogP) is 2.03. The van der Waals surface area contributed by atoms with Crippen molar-refractivity contribution in [1.29, 1.82) is 0 Å². The maximum absolute atomic E-state index is 11.3. The average molecular weight is 295 g/mol. The van der Waals surface area contributed by atoms with Crippen molar-refractivity contribution in [3.8, 4) is 0 Å². The molecule has 1 aromatic heterocycles. The summed E-state index contributed by atoms with van der Waals surface area (Å²) in [5.74, 6) is 1.45. The molecular weight excluding hydrogens is 270 g/mol. The average Bonchev–Trinajstić information content (AvgIpc) is 3.15. The Bertz CT molecular complexity index is 519. The Morgan fingerprint density at radius 1 is 1.50 bits per heavy atom. The smallest absolute Gasteiger partial charge is 0.304 e. The molecule has 1 aliphatic carbocycles. The highest BCUT2D eigenvalue weighted by Crippen LogP contribution is 2.42. The van der Waals surface area contributed by atoms with Crippen LogP contribution in [0.1, 0.15) is 39.3 Å². The van der Waals surface area contributed by atoms with Crippen LogP contribution in [0, 0.1) is 11.8 Å². The minimum Gasteiger partial charge on any atom is -0.315 e. The number of nitrogens with one attached hydrogen (secondary N) is 2. The first-order valence-electron chi connectivity index (χ1n) is 7.64. The van der Waals surface area contributed by atoms with Crippen molar-refractivity contribution in [3.63, 3.8) is 0 Å². The minimum absolute atomic E-state index is 0.0567. The third-order valence-corrected chi connectivity index (χ3v) is 5.63. The van der Waals surface area contributed by atoms with E-state index in [2.05, 4.69) is 36.0 Å². The maximum Gasteiger partial charge on any atom is 0.304 e. The van der Waals surface area contributed by atoms with Gasteiger partial charge in [-0.2, -0.15) is 0 Å². The van der Waals surface area contributed by atoms with E-state index in [1.807, 2.05) is 5.38 Å². The number of hydrogen-bond acceptors (Lipinski definition) is 4. The van der Waals surface area contributed by atoms with Crippen molar-refractivity contribution in [2.75, 3.05) is 13.1 Å². The second kappa shape index (κ2) is 5.28. The Morgan fingerprint density at radius 3 is 2.80 bits per heavy atom. The number of piperazine rings is 1. The molecule has 0 radical (unpaired) electrons. The Morgan fingerprint density at radius 2 is 2.25 bits per heavy atom. The van der Waals surface area contributed by atoms with E-state index in [0.29, 0.717) is 12.0 Å². The third-order valence-electron chi connectivity index (χ3n) is 4.91. The molecule has 0 aromatic carbocycles. The van der Waals surface area contributed by atoms with Gasteiger partial charge in [0.15, 0.2) is 0 Å². The molecule has 20 heavy (non-hydrogen) atoms. The Labute approximate surface area is 124 Å². The van der Waals surface area contributed by atoms with Gasteiger partial charge in [0.05, 0.1) is 0 Å². The van der Waals surface area contributed by atoms with Gasteiger partial charge in [-0.1, -0.05) is 25.2 Å². The van der Waals surface area contributed by atoms with Gasteiger partial charge in [0.2, 0.25) is 0 Å².